The van der Waals surface area contributed by atoms with Crippen LogP contribution in [0.1, 0.15) is 32.1 Å². The van der Waals surface area contributed by atoms with Crippen LogP contribution in [0.2, 0.25) is 0 Å². The molecule has 0 aromatic carbocycles. The molecular weight excluding hydrogens is 384 g/mol. The van der Waals surface area contributed by atoms with Gasteiger partial charge in [-0.3, -0.25) is 14.5 Å². The third-order valence-electron chi connectivity index (χ3n) is 6.45. The van der Waals surface area contributed by atoms with Crippen LogP contribution in [0.3, 0.4) is 0 Å². The standard InChI is InChI=1S/C17H26N6O4S/c24-15(25)13-4-11-3-9(1-2-10(11)6-18-13)7-23-8-12(5-14(23)16(26)27)28-17-19-21-22-20-17/h9-14,18H,1-8H2,(H,24,25)(H,26,27)(H,19,20,21,22)/t9?,10?,11?,12-,13?,14+/m1/s1. The molecular formula is C17H26N6O4S. The van der Waals surface area contributed by atoms with E-state index >= 15 is 0 Å². The second kappa shape index (κ2) is 8.34. The molecule has 6 atom stereocenters. The first-order valence-electron chi connectivity index (χ1n) is 9.82. The van der Waals surface area contributed by atoms with Crippen molar-refractivity contribution in [3.05, 3.63) is 0 Å². The van der Waals surface area contributed by atoms with Crippen LogP contribution in [-0.4, -0.2) is 84.6 Å². The summed E-state index contributed by atoms with van der Waals surface area (Å²) >= 11 is 1.47. The number of tetrazole rings is 1. The van der Waals surface area contributed by atoms with Crippen molar-refractivity contribution >= 4 is 23.7 Å². The number of piperidine rings is 1. The number of carbonyl (C=O) groups is 2. The van der Waals surface area contributed by atoms with E-state index in [-0.39, 0.29) is 5.25 Å². The van der Waals surface area contributed by atoms with Gasteiger partial charge in [0.15, 0.2) is 0 Å². The number of thioether (sulfide) groups is 1. The number of fused-ring (bicyclic) bond motifs is 1. The number of aliphatic carboxylic acids is 2. The van der Waals surface area contributed by atoms with Gasteiger partial charge in [-0.05, 0) is 61.6 Å². The molecule has 4 N–H and O–H groups in total. The Morgan fingerprint density at radius 1 is 1.14 bits per heavy atom. The molecule has 3 heterocycles. The van der Waals surface area contributed by atoms with E-state index in [1.54, 1.807) is 0 Å². The molecule has 2 saturated heterocycles. The highest BCUT2D eigenvalue weighted by molar-refractivity contribution is 7.99. The van der Waals surface area contributed by atoms with Gasteiger partial charge in [0.05, 0.1) is 0 Å². The molecule has 2 aliphatic heterocycles. The summed E-state index contributed by atoms with van der Waals surface area (Å²) < 4.78 is 0. The molecule has 4 unspecified atom stereocenters. The average Bonchev–Trinajstić information content (AvgIpc) is 3.31. The SMILES string of the molecule is O=C(O)C1CC2CC(CN3C[C@H](Sc4nn[nH]n4)C[C@H]3C(=O)O)CCC2CN1. The molecule has 0 bridgehead atoms. The lowest BCUT2D eigenvalue weighted by atomic mass is 9.69. The highest BCUT2D eigenvalue weighted by Crippen LogP contribution is 2.40. The third kappa shape index (κ3) is 4.31. The summed E-state index contributed by atoms with van der Waals surface area (Å²) in [5.41, 5.74) is 0. The van der Waals surface area contributed by atoms with E-state index in [1.165, 1.54) is 11.8 Å². The Labute approximate surface area is 166 Å². The maximum Gasteiger partial charge on any atom is 0.320 e. The highest BCUT2D eigenvalue weighted by atomic mass is 32.2. The van der Waals surface area contributed by atoms with Gasteiger partial charge in [0.25, 0.3) is 0 Å². The zero-order valence-corrected chi connectivity index (χ0v) is 16.3. The summed E-state index contributed by atoms with van der Waals surface area (Å²) in [4.78, 5) is 25.2. The lowest BCUT2D eigenvalue weighted by molar-refractivity contribution is -0.143. The van der Waals surface area contributed by atoms with Crippen LogP contribution in [0.4, 0.5) is 0 Å². The van der Waals surface area contributed by atoms with Crippen molar-refractivity contribution in [1.82, 2.24) is 30.8 Å². The van der Waals surface area contributed by atoms with Gasteiger partial charge < -0.3 is 15.5 Å². The number of rotatable bonds is 6. The lowest BCUT2D eigenvalue weighted by Gasteiger charge is -2.42. The Morgan fingerprint density at radius 3 is 2.71 bits per heavy atom. The second-order valence-electron chi connectivity index (χ2n) is 8.21. The molecule has 1 saturated carbocycles. The number of nitrogens with zero attached hydrogens (tertiary/aromatic N) is 4. The predicted molar refractivity (Wildman–Crippen MR) is 99.8 cm³/mol. The number of nitrogens with one attached hydrogen (secondary N) is 2. The highest BCUT2D eigenvalue weighted by Gasteiger charge is 2.42. The van der Waals surface area contributed by atoms with E-state index in [4.69, 9.17) is 0 Å². The quantitative estimate of drug-likeness (QED) is 0.516. The van der Waals surface area contributed by atoms with Crippen molar-refractivity contribution < 1.29 is 19.8 Å². The number of aromatic amines is 1. The number of aromatic nitrogens is 4. The minimum Gasteiger partial charge on any atom is -0.480 e. The molecule has 1 aromatic rings. The number of likely N-dealkylation sites (tertiary alicyclic amines) is 1. The Hall–Kier alpha value is -1.72. The Balaban J connectivity index is 1.35. The van der Waals surface area contributed by atoms with Gasteiger partial charge in [-0.2, -0.15) is 5.21 Å². The molecule has 154 valence electrons. The van der Waals surface area contributed by atoms with E-state index in [1.807, 2.05) is 0 Å². The topological polar surface area (TPSA) is 144 Å². The van der Waals surface area contributed by atoms with Crippen LogP contribution < -0.4 is 5.32 Å². The number of hydrogen-bond donors (Lipinski definition) is 4. The van der Waals surface area contributed by atoms with Crippen LogP contribution in [0, 0.1) is 17.8 Å². The van der Waals surface area contributed by atoms with Crippen LogP contribution in [-0.2, 0) is 9.59 Å². The third-order valence-corrected chi connectivity index (χ3v) is 7.51. The summed E-state index contributed by atoms with van der Waals surface area (Å²) in [5.74, 6) is -0.173. The van der Waals surface area contributed by atoms with Crippen molar-refractivity contribution in [3.63, 3.8) is 0 Å². The van der Waals surface area contributed by atoms with Crippen molar-refractivity contribution in [2.24, 2.45) is 17.8 Å². The number of hydrogen-bond acceptors (Lipinski definition) is 8. The van der Waals surface area contributed by atoms with E-state index in [0.29, 0.717) is 42.3 Å². The van der Waals surface area contributed by atoms with Gasteiger partial charge >= 0.3 is 11.9 Å². The van der Waals surface area contributed by atoms with Crippen molar-refractivity contribution in [2.75, 3.05) is 19.6 Å². The second-order valence-corrected chi connectivity index (χ2v) is 9.48. The molecule has 0 amide bonds. The molecule has 0 spiro atoms. The van der Waals surface area contributed by atoms with Gasteiger partial charge in [0.2, 0.25) is 5.16 Å². The van der Waals surface area contributed by atoms with Gasteiger partial charge in [0, 0.05) is 18.3 Å². The summed E-state index contributed by atoms with van der Waals surface area (Å²) in [6.07, 6.45) is 4.39. The minimum atomic E-state index is -0.780. The van der Waals surface area contributed by atoms with Crippen LogP contribution in [0.25, 0.3) is 0 Å². The van der Waals surface area contributed by atoms with Crippen molar-refractivity contribution in [1.29, 1.82) is 0 Å². The smallest absolute Gasteiger partial charge is 0.320 e. The fourth-order valence-corrected chi connectivity index (χ4v) is 6.13. The molecule has 4 rings (SSSR count). The molecule has 1 aliphatic carbocycles. The van der Waals surface area contributed by atoms with Gasteiger partial charge in [-0.1, -0.05) is 11.8 Å². The number of H-pyrrole nitrogens is 1. The molecule has 3 aliphatic rings. The van der Waals surface area contributed by atoms with Gasteiger partial charge in [0.1, 0.15) is 12.1 Å². The fourth-order valence-electron chi connectivity index (χ4n) is 5.10. The zero-order chi connectivity index (χ0) is 19.7. The van der Waals surface area contributed by atoms with E-state index in [0.717, 1.165) is 32.4 Å². The summed E-state index contributed by atoms with van der Waals surface area (Å²) in [5, 5.41) is 36.7. The Bertz CT molecular complexity index is 704. The largest absolute Gasteiger partial charge is 0.480 e. The van der Waals surface area contributed by atoms with Gasteiger partial charge in [-0.25, -0.2) is 0 Å². The molecule has 11 heteroatoms. The summed E-state index contributed by atoms with van der Waals surface area (Å²) in [7, 11) is 0. The molecule has 10 nitrogen and oxygen atoms in total. The number of carboxylic acid groups (broad SMARTS) is 2. The van der Waals surface area contributed by atoms with Crippen molar-refractivity contribution in [3.8, 4) is 0 Å². The zero-order valence-electron chi connectivity index (χ0n) is 15.5. The monoisotopic (exact) mass is 410 g/mol. The normalized spacial score (nSPS) is 36.1. The Kier molecular flexibility index (Phi) is 5.83. The first-order valence-corrected chi connectivity index (χ1v) is 10.7. The number of carboxylic acids is 2. The van der Waals surface area contributed by atoms with Gasteiger partial charge in [-0.15, -0.1) is 10.2 Å². The van der Waals surface area contributed by atoms with E-state index in [9.17, 15) is 19.8 Å². The molecule has 28 heavy (non-hydrogen) atoms. The fraction of sp³-hybridized carbons (Fsp3) is 0.824. The van der Waals surface area contributed by atoms with E-state index < -0.39 is 24.0 Å². The molecule has 3 fully saturated rings. The summed E-state index contributed by atoms with van der Waals surface area (Å²) in [6.45, 7) is 2.23. The molecule has 1 aromatic heterocycles. The minimum absolute atomic E-state index is 0.130. The maximum absolute atomic E-state index is 11.8. The van der Waals surface area contributed by atoms with Crippen LogP contribution in [0.5, 0.6) is 0 Å². The van der Waals surface area contributed by atoms with E-state index in [2.05, 4.69) is 30.8 Å². The molecule has 0 radical (unpaired) electrons. The lowest BCUT2D eigenvalue weighted by Crippen LogP contribution is -2.50. The summed E-state index contributed by atoms with van der Waals surface area (Å²) in [6, 6.07) is -0.934. The van der Waals surface area contributed by atoms with Crippen LogP contribution in [0.15, 0.2) is 5.16 Å². The Morgan fingerprint density at radius 2 is 2.00 bits per heavy atom. The predicted octanol–water partition coefficient (Wildman–Crippen LogP) is 0.298. The average molecular weight is 411 g/mol. The van der Waals surface area contributed by atoms with Crippen molar-refractivity contribution in [2.45, 2.75) is 54.6 Å². The first kappa shape index (κ1) is 19.6. The first-order chi connectivity index (χ1) is 13.5. The van der Waals surface area contributed by atoms with Crippen LogP contribution >= 0.6 is 11.8 Å². The maximum atomic E-state index is 11.8.